The SMILES string of the molecule is O=[N+]([O-])c1ccc(C2=CCNCC2)c(C(F)(F)F)c1. The largest absolute Gasteiger partial charge is 0.417 e. The van der Waals surface area contributed by atoms with Gasteiger partial charge in [-0.05, 0) is 30.2 Å². The highest BCUT2D eigenvalue weighted by Gasteiger charge is 2.35. The van der Waals surface area contributed by atoms with Gasteiger partial charge in [0.2, 0.25) is 0 Å². The van der Waals surface area contributed by atoms with E-state index in [0.717, 1.165) is 6.07 Å². The summed E-state index contributed by atoms with van der Waals surface area (Å²) in [6.45, 7) is 1.10. The lowest BCUT2D eigenvalue weighted by Gasteiger charge is -2.18. The van der Waals surface area contributed by atoms with Crippen LogP contribution in [0.2, 0.25) is 0 Å². The average molecular weight is 272 g/mol. The Hall–Kier alpha value is -1.89. The highest BCUT2D eigenvalue weighted by Crippen LogP contribution is 2.38. The summed E-state index contributed by atoms with van der Waals surface area (Å²) in [5, 5.41) is 13.6. The van der Waals surface area contributed by atoms with E-state index in [1.165, 1.54) is 6.07 Å². The Bertz CT molecular complexity index is 538. The highest BCUT2D eigenvalue weighted by molar-refractivity contribution is 5.71. The average Bonchev–Trinajstić information content (AvgIpc) is 2.38. The van der Waals surface area contributed by atoms with E-state index in [-0.39, 0.29) is 5.56 Å². The molecule has 0 radical (unpaired) electrons. The van der Waals surface area contributed by atoms with Gasteiger partial charge < -0.3 is 5.32 Å². The number of nitro benzene ring substituents is 1. The van der Waals surface area contributed by atoms with Gasteiger partial charge in [0, 0.05) is 18.7 Å². The van der Waals surface area contributed by atoms with E-state index in [1.54, 1.807) is 6.08 Å². The summed E-state index contributed by atoms with van der Waals surface area (Å²) in [5.74, 6) is 0. The van der Waals surface area contributed by atoms with Crippen molar-refractivity contribution in [1.82, 2.24) is 5.32 Å². The summed E-state index contributed by atoms with van der Waals surface area (Å²) in [6, 6.07) is 2.88. The Morgan fingerprint density at radius 1 is 1.32 bits per heavy atom. The number of non-ortho nitro benzene ring substituents is 1. The lowest BCUT2D eigenvalue weighted by Crippen LogP contribution is -2.21. The van der Waals surface area contributed by atoms with Gasteiger partial charge in [-0.25, -0.2) is 0 Å². The molecule has 0 amide bonds. The third-order valence-corrected chi connectivity index (χ3v) is 2.93. The first-order valence-corrected chi connectivity index (χ1v) is 5.65. The molecule has 1 aliphatic heterocycles. The molecule has 4 nitrogen and oxygen atoms in total. The Morgan fingerprint density at radius 2 is 2.05 bits per heavy atom. The Balaban J connectivity index is 2.54. The molecule has 1 heterocycles. The predicted molar refractivity (Wildman–Crippen MR) is 63.6 cm³/mol. The third kappa shape index (κ3) is 2.93. The molecule has 0 atom stereocenters. The first kappa shape index (κ1) is 13.5. The Labute approximate surface area is 107 Å². The van der Waals surface area contributed by atoms with Gasteiger partial charge in [-0.3, -0.25) is 10.1 Å². The standard InChI is InChI=1S/C12H11F3N2O2/c13-12(14,15)11-7-9(17(18)19)1-2-10(11)8-3-5-16-6-4-8/h1-3,7,16H,4-6H2. The molecule has 0 aliphatic carbocycles. The minimum absolute atomic E-state index is 0.0274. The van der Waals surface area contributed by atoms with Gasteiger partial charge in [0.1, 0.15) is 0 Å². The molecule has 0 spiro atoms. The van der Waals surface area contributed by atoms with E-state index < -0.39 is 22.4 Å². The van der Waals surface area contributed by atoms with Crippen LogP contribution >= 0.6 is 0 Å². The number of nitro groups is 1. The maximum absolute atomic E-state index is 13.0. The van der Waals surface area contributed by atoms with Crippen LogP contribution < -0.4 is 5.32 Å². The molecule has 2 rings (SSSR count). The second-order valence-electron chi connectivity index (χ2n) is 4.17. The lowest BCUT2D eigenvalue weighted by molar-refractivity contribution is -0.385. The van der Waals surface area contributed by atoms with Crippen LogP contribution in [0.4, 0.5) is 18.9 Å². The van der Waals surface area contributed by atoms with E-state index in [2.05, 4.69) is 5.32 Å². The summed E-state index contributed by atoms with van der Waals surface area (Å²) in [5.41, 5.74) is -0.902. The van der Waals surface area contributed by atoms with Crippen LogP contribution in [0.15, 0.2) is 24.3 Å². The number of hydrogen-bond donors (Lipinski definition) is 1. The number of halogens is 3. The molecule has 0 saturated heterocycles. The molecule has 7 heteroatoms. The molecule has 19 heavy (non-hydrogen) atoms. The van der Waals surface area contributed by atoms with Gasteiger partial charge >= 0.3 is 6.18 Å². The van der Waals surface area contributed by atoms with E-state index in [1.807, 2.05) is 0 Å². The molecule has 1 N–H and O–H groups in total. The summed E-state index contributed by atoms with van der Waals surface area (Å²) < 4.78 is 38.9. The van der Waals surface area contributed by atoms with E-state index >= 15 is 0 Å². The lowest BCUT2D eigenvalue weighted by atomic mass is 9.94. The summed E-state index contributed by atoms with van der Waals surface area (Å²) in [7, 11) is 0. The molecule has 0 fully saturated rings. The fourth-order valence-electron chi connectivity index (χ4n) is 2.03. The molecule has 0 saturated carbocycles. The monoisotopic (exact) mass is 272 g/mol. The zero-order valence-corrected chi connectivity index (χ0v) is 9.83. The number of nitrogens with one attached hydrogen (secondary N) is 1. The second-order valence-corrected chi connectivity index (χ2v) is 4.17. The van der Waals surface area contributed by atoms with Gasteiger partial charge in [0.25, 0.3) is 5.69 Å². The van der Waals surface area contributed by atoms with Crippen LogP contribution in [0, 0.1) is 10.1 Å². The third-order valence-electron chi connectivity index (χ3n) is 2.93. The zero-order valence-electron chi connectivity index (χ0n) is 9.83. The predicted octanol–water partition coefficient (Wildman–Crippen LogP) is 2.99. The molecule has 102 valence electrons. The highest BCUT2D eigenvalue weighted by atomic mass is 19.4. The summed E-state index contributed by atoms with van der Waals surface area (Å²) in [6.07, 6.45) is -2.45. The van der Waals surface area contributed by atoms with Crippen LogP contribution in [-0.2, 0) is 6.18 Å². The number of alkyl halides is 3. The smallest absolute Gasteiger partial charge is 0.313 e. The van der Waals surface area contributed by atoms with Gasteiger partial charge in [-0.1, -0.05) is 6.08 Å². The quantitative estimate of drug-likeness (QED) is 0.665. The van der Waals surface area contributed by atoms with Crippen molar-refractivity contribution in [3.63, 3.8) is 0 Å². The van der Waals surface area contributed by atoms with Crippen LogP contribution in [0.5, 0.6) is 0 Å². The van der Waals surface area contributed by atoms with Gasteiger partial charge in [0.05, 0.1) is 10.5 Å². The number of nitrogens with zero attached hydrogens (tertiary/aromatic N) is 1. The van der Waals surface area contributed by atoms with Gasteiger partial charge in [0.15, 0.2) is 0 Å². The summed E-state index contributed by atoms with van der Waals surface area (Å²) in [4.78, 5) is 9.76. The molecule has 0 unspecified atom stereocenters. The fourth-order valence-corrected chi connectivity index (χ4v) is 2.03. The van der Waals surface area contributed by atoms with Crippen LogP contribution in [-0.4, -0.2) is 18.0 Å². The molecule has 1 aliphatic rings. The molecule has 1 aromatic carbocycles. The zero-order chi connectivity index (χ0) is 14.0. The van der Waals surface area contributed by atoms with Crippen molar-refractivity contribution in [2.75, 3.05) is 13.1 Å². The Morgan fingerprint density at radius 3 is 2.58 bits per heavy atom. The maximum Gasteiger partial charge on any atom is 0.417 e. The Kier molecular flexibility index (Phi) is 3.57. The number of hydrogen-bond acceptors (Lipinski definition) is 3. The van der Waals surface area contributed by atoms with Gasteiger partial charge in [-0.2, -0.15) is 13.2 Å². The van der Waals surface area contributed by atoms with Crippen LogP contribution in [0.3, 0.4) is 0 Å². The van der Waals surface area contributed by atoms with E-state index in [0.29, 0.717) is 31.1 Å². The minimum atomic E-state index is -4.60. The molecular weight excluding hydrogens is 261 g/mol. The maximum atomic E-state index is 13.0. The normalized spacial score (nSPS) is 16.1. The van der Waals surface area contributed by atoms with E-state index in [4.69, 9.17) is 0 Å². The number of rotatable bonds is 2. The van der Waals surface area contributed by atoms with Crippen molar-refractivity contribution < 1.29 is 18.1 Å². The van der Waals surface area contributed by atoms with Gasteiger partial charge in [-0.15, -0.1) is 0 Å². The minimum Gasteiger partial charge on any atom is -0.313 e. The van der Waals surface area contributed by atoms with E-state index in [9.17, 15) is 23.3 Å². The number of benzene rings is 1. The van der Waals surface area contributed by atoms with Crippen molar-refractivity contribution in [2.45, 2.75) is 12.6 Å². The molecular formula is C12H11F3N2O2. The van der Waals surface area contributed by atoms with Crippen molar-refractivity contribution in [2.24, 2.45) is 0 Å². The first-order chi connectivity index (χ1) is 8.89. The van der Waals surface area contributed by atoms with Crippen LogP contribution in [0.25, 0.3) is 5.57 Å². The topological polar surface area (TPSA) is 55.2 Å². The van der Waals surface area contributed by atoms with Crippen molar-refractivity contribution in [1.29, 1.82) is 0 Å². The second kappa shape index (κ2) is 5.00. The van der Waals surface area contributed by atoms with Crippen molar-refractivity contribution >= 4 is 11.3 Å². The van der Waals surface area contributed by atoms with Crippen molar-refractivity contribution in [3.8, 4) is 0 Å². The fraction of sp³-hybridized carbons (Fsp3) is 0.333. The molecule has 0 aromatic heterocycles. The molecule has 0 bridgehead atoms. The molecule has 1 aromatic rings. The van der Waals surface area contributed by atoms with Crippen molar-refractivity contribution in [3.05, 3.63) is 45.5 Å². The summed E-state index contributed by atoms with van der Waals surface area (Å²) >= 11 is 0. The first-order valence-electron chi connectivity index (χ1n) is 5.65. The van der Waals surface area contributed by atoms with Crippen LogP contribution in [0.1, 0.15) is 17.5 Å².